The summed E-state index contributed by atoms with van der Waals surface area (Å²) in [5, 5.41) is 0. The van der Waals surface area contributed by atoms with Gasteiger partial charge in [-0.05, 0) is 36.6 Å². The quantitative estimate of drug-likeness (QED) is 0.852. The van der Waals surface area contributed by atoms with Crippen molar-refractivity contribution in [1.82, 2.24) is 4.98 Å². The van der Waals surface area contributed by atoms with Crippen molar-refractivity contribution in [2.45, 2.75) is 20.0 Å². The number of hydrogen-bond donors (Lipinski definition) is 0. The summed E-state index contributed by atoms with van der Waals surface area (Å²) in [5.41, 5.74) is 2.63. The summed E-state index contributed by atoms with van der Waals surface area (Å²) in [7, 11) is 0. The van der Waals surface area contributed by atoms with E-state index in [-0.39, 0.29) is 18.2 Å². The van der Waals surface area contributed by atoms with Crippen LogP contribution in [0.3, 0.4) is 0 Å². The molecule has 0 amide bonds. The normalized spacial score (nSPS) is 13.4. The number of aryl methyl sites for hydroxylation is 1. The molecule has 0 radical (unpaired) electrons. The lowest BCUT2D eigenvalue weighted by Gasteiger charge is -2.13. The molecule has 0 unspecified atom stereocenters. The van der Waals surface area contributed by atoms with Crippen molar-refractivity contribution in [1.29, 1.82) is 0 Å². The second kappa shape index (κ2) is 4.84. The van der Waals surface area contributed by atoms with Crippen LogP contribution >= 0.6 is 0 Å². The molecule has 3 rings (SSSR count). The van der Waals surface area contributed by atoms with E-state index in [1.54, 1.807) is 12.3 Å². The van der Waals surface area contributed by atoms with Crippen LogP contribution in [0.2, 0.25) is 0 Å². The van der Waals surface area contributed by atoms with Crippen LogP contribution in [0.15, 0.2) is 27.9 Å². The SMILES string of the molecule is Cc1ncoc1COc1cc2c(cc1F)CCN=C2. The van der Waals surface area contributed by atoms with Gasteiger partial charge in [0.1, 0.15) is 6.61 Å². The van der Waals surface area contributed by atoms with Gasteiger partial charge >= 0.3 is 0 Å². The standard InChI is InChI=1S/C14H13FN2O2/c1-9-14(19-8-17-9)7-18-13-5-11-6-16-3-2-10(11)4-12(13)15/h4-6,8H,2-3,7H2,1H3. The Balaban J connectivity index is 1.82. The van der Waals surface area contributed by atoms with Crippen molar-refractivity contribution in [3.05, 3.63) is 46.9 Å². The lowest BCUT2D eigenvalue weighted by Crippen LogP contribution is -2.06. The molecular weight excluding hydrogens is 247 g/mol. The molecule has 4 nitrogen and oxygen atoms in total. The largest absolute Gasteiger partial charge is 0.482 e. The molecule has 98 valence electrons. The average Bonchev–Trinajstić information content (AvgIpc) is 2.82. The molecule has 0 saturated heterocycles. The molecule has 0 aliphatic carbocycles. The van der Waals surface area contributed by atoms with Gasteiger partial charge in [0.05, 0.1) is 5.69 Å². The third-order valence-electron chi connectivity index (χ3n) is 3.14. The van der Waals surface area contributed by atoms with Crippen LogP contribution in [0.4, 0.5) is 4.39 Å². The average molecular weight is 260 g/mol. The summed E-state index contributed by atoms with van der Waals surface area (Å²) in [5.74, 6) is 0.458. The second-order valence-electron chi connectivity index (χ2n) is 4.42. The molecule has 2 heterocycles. The van der Waals surface area contributed by atoms with E-state index in [0.717, 1.165) is 23.2 Å². The minimum atomic E-state index is -0.355. The molecule has 5 heteroatoms. The van der Waals surface area contributed by atoms with Crippen molar-refractivity contribution in [3.63, 3.8) is 0 Å². The zero-order chi connectivity index (χ0) is 13.2. The van der Waals surface area contributed by atoms with Gasteiger partial charge < -0.3 is 9.15 Å². The van der Waals surface area contributed by atoms with Crippen LogP contribution in [-0.2, 0) is 13.0 Å². The van der Waals surface area contributed by atoms with Gasteiger partial charge in [0.2, 0.25) is 0 Å². The van der Waals surface area contributed by atoms with E-state index >= 15 is 0 Å². The summed E-state index contributed by atoms with van der Waals surface area (Å²) in [4.78, 5) is 8.14. The van der Waals surface area contributed by atoms with Gasteiger partial charge in [-0.25, -0.2) is 9.37 Å². The number of oxazole rings is 1. The molecule has 0 spiro atoms. The number of halogens is 1. The van der Waals surface area contributed by atoms with E-state index in [0.29, 0.717) is 12.3 Å². The molecule has 1 aromatic carbocycles. The molecule has 0 bridgehead atoms. The highest BCUT2D eigenvalue weighted by Crippen LogP contribution is 2.24. The zero-order valence-electron chi connectivity index (χ0n) is 10.5. The Morgan fingerprint density at radius 3 is 3.11 bits per heavy atom. The van der Waals surface area contributed by atoms with Crippen LogP contribution in [-0.4, -0.2) is 17.7 Å². The minimum absolute atomic E-state index is 0.165. The van der Waals surface area contributed by atoms with Crippen LogP contribution in [0.5, 0.6) is 5.75 Å². The third kappa shape index (κ3) is 2.36. The van der Waals surface area contributed by atoms with Crippen molar-refractivity contribution < 1.29 is 13.5 Å². The highest BCUT2D eigenvalue weighted by atomic mass is 19.1. The Morgan fingerprint density at radius 2 is 2.32 bits per heavy atom. The molecule has 19 heavy (non-hydrogen) atoms. The molecule has 1 aliphatic rings. The smallest absolute Gasteiger partial charge is 0.181 e. The number of benzene rings is 1. The Kier molecular flexibility index (Phi) is 3.03. The highest BCUT2D eigenvalue weighted by Gasteiger charge is 2.13. The Labute approximate surface area is 109 Å². The first-order chi connectivity index (χ1) is 9.24. The fourth-order valence-corrected chi connectivity index (χ4v) is 2.01. The summed E-state index contributed by atoms with van der Waals surface area (Å²) in [6.07, 6.45) is 3.87. The molecule has 0 N–H and O–H groups in total. The topological polar surface area (TPSA) is 47.6 Å². The Morgan fingerprint density at radius 1 is 1.42 bits per heavy atom. The van der Waals surface area contributed by atoms with Crippen LogP contribution < -0.4 is 4.74 Å². The number of ether oxygens (including phenoxy) is 1. The first kappa shape index (κ1) is 11.9. The maximum absolute atomic E-state index is 13.9. The van der Waals surface area contributed by atoms with E-state index in [4.69, 9.17) is 9.15 Å². The van der Waals surface area contributed by atoms with Gasteiger partial charge in [0.25, 0.3) is 0 Å². The van der Waals surface area contributed by atoms with E-state index in [2.05, 4.69) is 9.98 Å². The summed E-state index contributed by atoms with van der Waals surface area (Å²) < 4.78 is 24.5. The lowest BCUT2D eigenvalue weighted by molar-refractivity contribution is 0.257. The fraction of sp³-hybridized carbons (Fsp3) is 0.286. The number of rotatable bonds is 3. The Bertz CT molecular complexity index is 634. The monoisotopic (exact) mass is 260 g/mol. The predicted molar refractivity (Wildman–Crippen MR) is 68.1 cm³/mol. The molecule has 1 aromatic heterocycles. The van der Waals surface area contributed by atoms with Crippen molar-refractivity contribution in [3.8, 4) is 5.75 Å². The van der Waals surface area contributed by atoms with E-state index in [1.165, 1.54) is 12.5 Å². The highest BCUT2D eigenvalue weighted by molar-refractivity contribution is 5.83. The van der Waals surface area contributed by atoms with E-state index in [9.17, 15) is 4.39 Å². The van der Waals surface area contributed by atoms with Gasteiger partial charge in [-0.15, -0.1) is 0 Å². The number of aliphatic imine (C=N–C) groups is 1. The summed E-state index contributed by atoms with van der Waals surface area (Å²) >= 11 is 0. The molecule has 0 saturated carbocycles. The molecule has 0 atom stereocenters. The van der Waals surface area contributed by atoms with Crippen molar-refractivity contribution >= 4 is 6.21 Å². The van der Waals surface area contributed by atoms with E-state index in [1.807, 2.05) is 6.92 Å². The number of nitrogens with zero attached hydrogens (tertiary/aromatic N) is 2. The molecule has 0 fully saturated rings. The van der Waals surface area contributed by atoms with Crippen LogP contribution in [0.1, 0.15) is 22.6 Å². The molecule has 2 aromatic rings. The fourth-order valence-electron chi connectivity index (χ4n) is 2.01. The van der Waals surface area contributed by atoms with Gasteiger partial charge in [-0.3, -0.25) is 4.99 Å². The molecular formula is C14H13FN2O2. The second-order valence-corrected chi connectivity index (χ2v) is 4.42. The van der Waals surface area contributed by atoms with E-state index < -0.39 is 0 Å². The third-order valence-corrected chi connectivity index (χ3v) is 3.14. The van der Waals surface area contributed by atoms with Crippen molar-refractivity contribution in [2.75, 3.05) is 6.54 Å². The first-order valence-corrected chi connectivity index (χ1v) is 6.08. The minimum Gasteiger partial charge on any atom is -0.482 e. The predicted octanol–water partition coefficient (Wildman–Crippen LogP) is 2.68. The van der Waals surface area contributed by atoms with Crippen molar-refractivity contribution in [2.24, 2.45) is 4.99 Å². The van der Waals surface area contributed by atoms with Gasteiger partial charge in [-0.2, -0.15) is 0 Å². The number of hydrogen-bond acceptors (Lipinski definition) is 4. The van der Waals surface area contributed by atoms with Crippen LogP contribution in [0, 0.1) is 12.7 Å². The summed E-state index contributed by atoms with van der Waals surface area (Å²) in [6, 6.07) is 3.20. The molecule has 1 aliphatic heterocycles. The van der Waals surface area contributed by atoms with Crippen LogP contribution in [0.25, 0.3) is 0 Å². The Hall–Kier alpha value is -2.17. The zero-order valence-corrected chi connectivity index (χ0v) is 10.5. The first-order valence-electron chi connectivity index (χ1n) is 6.08. The number of aromatic nitrogens is 1. The number of fused-ring (bicyclic) bond motifs is 1. The maximum atomic E-state index is 13.9. The van der Waals surface area contributed by atoms with Gasteiger partial charge in [-0.1, -0.05) is 0 Å². The summed E-state index contributed by atoms with van der Waals surface area (Å²) in [6.45, 7) is 2.70. The van der Waals surface area contributed by atoms with Gasteiger partial charge in [0.15, 0.2) is 23.7 Å². The van der Waals surface area contributed by atoms with Gasteiger partial charge in [0, 0.05) is 12.8 Å². The maximum Gasteiger partial charge on any atom is 0.181 e. The lowest BCUT2D eigenvalue weighted by atomic mass is 10.0.